The van der Waals surface area contributed by atoms with Crippen LogP contribution >= 0.6 is 0 Å². The maximum Gasteiger partial charge on any atom is 0.248 e. The molecule has 7 nitrogen and oxygen atoms in total. The summed E-state index contributed by atoms with van der Waals surface area (Å²) < 4.78 is 33.6. The van der Waals surface area contributed by atoms with Crippen LogP contribution in [-0.4, -0.2) is 24.6 Å². The highest BCUT2D eigenvalue weighted by Gasteiger charge is 2.29. The van der Waals surface area contributed by atoms with Crippen LogP contribution in [0.4, 0.5) is 0 Å². The lowest BCUT2D eigenvalue weighted by molar-refractivity contribution is 0.393. The van der Waals surface area contributed by atoms with Gasteiger partial charge in [0.1, 0.15) is 5.76 Å². The molecule has 3 aromatic rings. The second-order valence-corrected chi connectivity index (χ2v) is 8.04. The van der Waals surface area contributed by atoms with E-state index >= 15 is 0 Å². The van der Waals surface area contributed by atoms with E-state index in [1.807, 2.05) is 0 Å². The Kier molecular flexibility index (Phi) is 3.55. The van der Waals surface area contributed by atoms with Gasteiger partial charge < -0.3 is 9.51 Å². The van der Waals surface area contributed by atoms with Crippen molar-refractivity contribution in [2.75, 3.05) is 0 Å². The number of sulfonamides is 1. The molecule has 0 bridgehead atoms. The predicted molar refractivity (Wildman–Crippen MR) is 92.9 cm³/mol. The minimum atomic E-state index is -3.70. The van der Waals surface area contributed by atoms with E-state index in [0.29, 0.717) is 27.9 Å². The SMILES string of the molecule is Cc1noc(C)c1-c1cc(S(=O)(=O)NC2CC2)c2ccc(=O)[nH]c2c1. The largest absolute Gasteiger partial charge is 0.361 e. The quantitative estimate of drug-likeness (QED) is 0.743. The van der Waals surface area contributed by atoms with Crippen LogP contribution in [0.15, 0.2) is 38.5 Å². The number of aromatic nitrogens is 2. The van der Waals surface area contributed by atoms with Gasteiger partial charge in [-0.15, -0.1) is 0 Å². The van der Waals surface area contributed by atoms with Crippen molar-refractivity contribution < 1.29 is 12.9 Å². The fourth-order valence-corrected chi connectivity index (χ4v) is 4.53. The molecule has 1 aliphatic carbocycles. The molecule has 1 fully saturated rings. The van der Waals surface area contributed by atoms with Gasteiger partial charge in [0.2, 0.25) is 15.6 Å². The Labute approximate surface area is 144 Å². The van der Waals surface area contributed by atoms with E-state index in [0.717, 1.165) is 18.4 Å². The zero-order valence-corrected chi connectivity index (χ0v) is 14.6. The standard InChI is InChI=1S/C17H17N3O4S/c1-9-17(10(2)24-19-9)11-7-14-13(5-6-16(21)18-14)15(8-11)25(22,23)20-12-3-4-12/h5-8,12,20H,3-4H2,1-2H3,(H,18,21). The number of benzene rings is 1. The first-order valence-electron chi connectivity index (χ1n) is 7.98. The smallest absolute Gasteiger partial charge is 0.248 e. The second kappa shape index (κ2) is 5.53. The lowest BCUT2D eigenvalue weighted by atomic mass is 10.0. The molecule has 1 aromatic carbocycles. The molecule has 0 atom stereocenters. The van der Waals surface area contributed by atoms with Gasteiger partial charge in [0, 0.05) is 23.1 Å². The predicted octanol–water partition coefficient (Wildman–Crippen LogP) is 2.24. The van der Waals surface area contributed by atoms with Gasteiger partial charge in [-0.05, 0) is 50.5 Å². The van der Waals surface area contributed by atoms with Crippen molar-refractivity contribution in [3.63, 3.8) is 0 Å². The second-order valence-electron chi connectivity index (χ2n) is 6.35. The summed E-state index contributed by atoms with van der Waals surface area (Å²) in [7, 11) is -3.70. The molecule has 2 aromatic heterocycles. The van der Waals surface area contributed by atoms with Crippen molar-refractivity contribution in [1.29, 1.82) is 0 Å². The van der Waals surface area contributed by atoms with Gasteiger partial charge >= 0.3 is 0 Å². The van der Waals surface area contributed by atoms with E-state index in [2.05, 4.69) is 14.9 Å². The molecule has 4 rings (SSSR count). The van der Waals surface area contributed by atoms with Crippen LogP contribution < -0.4 is 10.3 Å². The first-order chi connectivity index (χ1) is 11.8. The van der Waals surface area contributed by atoms with Crippen LogP contribution in [-0.2, 0) is 10.0 Å². The van der Waals surface area contributed by atoms with Gasteiger partial charge in [0.25, 0.3) is 0 Å². The Balaban J connectivity index is 2.01. The molecular formula is C17H17N3O4S. The van der Waals surface area contributed by atoms with Crippen molar-refractivity contribution in [1.82, 2.24) is 14.9 Å². The summed E-state index contributed by atoms with van der Waals surface area (Å²) in [4.78, 5) is 14.6. The fourth-order valence-electron chi connectivity index (χ4n) is 2.98. The summed E-state index contributed by atoms with van der Waals surface area (Å²) in [5.41, 5.74) is 2.20. The Bertz CT molecular complexity index is 1120. The van der Waals surface area contributed by atoms with Gasteiger partial charge in [-0.1, -0.05) is 5.16 Å². The Morgan fingerprint density at radius 1 is 1.24 bits per heavy atom. The number of nitrogens with zero attached hydrogens (tertiary/aromatic N) is 1. The van der Waals surface area contributed by atoms with Crippen LogP contribution in [0, 0.1) is 13.8 Å². The minimum Gasteiger partial charge on any atom is -0.361 e. The van der Waals surface area contributed by atoms with Crippen LogP contribution in [0.1, 0.15) is 24.3 Å². The monoisotopic (exact) mass is 359 g/mol. The lowest BCUT2D eigenvalue weighted by Gasteiger charge is -2.11. The molecular weight excluding hydrogens is 342 g/mol. The Morgan fingerprint density at radius 3 is 2.64 bits per heavy atom. The highest BCUT2D eigenvalue weighted by molar-refractivity contribution is 7.89. The molecule has 1 aliphatic rings. The summed E-state index contributed by atoms with van der Waals surface area (Å²) in [6, 6.07) is 6.21. The normalized spacial score (nSPS) is 15.0. The molecule has 0 aliphatic heterocycles. The van der Waals surface area contributed by atoms with E-state index < -0.39 is 10.0 Å². The molecule has 25 heavy (non-hydrogen) atoms. The third kappa shape index (κ3) is 2.87. The first kappa shape index (κ1) is 16.0. The van der Waals surface area contributed by atoms with E-state index in [-0.39, 0.29) is 16.5 Å². The molecule has 0 saturated heterocycles. The van der Waals surface area contributed by atoms with E-state index in [1.54, 1.807) is 26.0 Å². The maximum absolute atomic E-state index is 12.8. The summed E-state index contributed by atoms with van der Waals surface area (Å²) in [6.07, 6.45) is 1.69. The van der Waals surface area contributed by atoms with E-state index in [4.69, 9.17) is 4.52 Å². The minimum absolute atomic E-state index is 0.00877. The van der Waals surface area contributed by atoms with Gasteiger partial charge in [-0.25, -0.2) is 13.1 Å². The molecule has 1 saturated carbocycles. The number of H-pyrrole nitrogens is 1. The number of hydrogen-bond donors (Lipinski definition) is 2. The van der Waals surface area contributed by atoms with E-state index in [9.17, 15) is 13.2 Å². The number of hydrogen-bond acceptors (Lipinski definition) is 5. The highest BCUT2D eigenvalue weighted by atomic mass is 32.2. The molecule has 2 heterocycles. The third-order valence-electron chi connectivity index (χ3n) is 4.31. The van der Waals surface area contributed by atoms with Gasteiger partial charge in [-0.3, -0.25) is 4.79 Å². The third-order valence-corrected chi connectivity index (χ3v) is 5.87. The van der Waals surface area contributed by atoms with Crippen molar-refractivity contribution in [3.05, 3.63) is 46.1 Å². The van der Waals surface area contributed by atoms with Crippen molar-refractivity contribution in [2.24, 2.45) is 0 Å². The molecule has 0 spiro atoms. The maximum atomic E-state index is 12.8. The number of nitrogens with one attached hydrogen (secondary N) is 2. The average molecular weight is 359 g/mol. The van der Waals surface area contributed by atoms with Crippen molar-refractivity contribution in [3.8, 4) is 11.1 Å². The van der Waals surface area contributed by atoms with Crippen LogP contribution in [0.25, 0.3) is 22.0 Å². The summed E-state index contributed by atoms with van der Waals surface area (Å²) in [6.45, 7) is 3.56. The Hall–Kier alpha value is -2.45. The van der Waals surface area contributed by atoms with Gasteiger partial charge in [0.05, 0.1) is 16.1 Å². The molecule has 130 valence electrons. The van der Waals surface area contributed by atoms with Crippen LogP contribution in [0.2, 0.25) is 0 Å². The number of rotatable bonds is 4. The number of aromatic amines is 1. The molecule has 0 unspecified atom stereocenters. The summed E-state index contributed by atoms with van der Waals surface area (Å²) in [5.74, 6) is 0.591. The summed E-state index contributed by atoms with van der Waals surface area (Å²) >= 11 is 0. The van der Waals surface area contributed by atoms with Crippen molar-refractivity contribution in [2.45, 2.75) is 37.6 Å². The lowest BCUT2D eigenvalue weighted by Crippen LogP contribution is -2.26. The molecule has 0 radical (unpaired) electrons. The first-order valence-corrected chi connectivity index (χ1v) is 9.46. The van der Waals surface area contributed by atoms with Crippen LogP contribution in [0.5, 0.6) is 0 Å². The zero-order chi connectivity index (χ0) is 17.8. The number of aryl methyl sites for hydroxylation is 2. The number of fused-ring (bicyclic) bond motifs is 1. The van der Waals surface area contributed by atoms with Gasteiger partial charge in [0.15, 0.2) is 0 Å². The highest BCUT2D eigenvalue weighted by Crippen LogP contribution is 2.33. The number of pyridine rings is 1. The topological polar surface area (TPSA) is 105 Å². The van der Waals surface area contributed by atoms with Crippen LogP contribution in [0.3, 0.4) is 0 Å². The van der Waals surface area contributed by atoms with E-state index in [1.165, 1.54) is 12.1 Å². The summed E-state index contributed by atoms with van der Waals surface area (Å²) in [5, 5.41) is 4.40. The van der Waals surface area contributed by atoms with Gasteiger partial charge in [-0.2, -0.15) is 0 Å². The zero-order valence-electron chi connectivity index (χ0n) is 13.8. The van der Waals surface area contributed by atoms with Crippen molar-refractivity contribution >= 4 is 20.9 Å². The molecule has 0 amide bonds. The average Bonchev–Trinajstić information content (AvgIpc) is 3.28. The molecule has 8 heteroatoms. The fraction of sp³-hybridized carbons (Fsp3) is 0.294. The Morgan fingerprint density at radius 2 is 2.00 bits per heavy atom. The molecule has 2 N–H and O–H groups in total.